The number of carbonyl (C=O) groups excluding carboxylic acids is 2. The number of nitrogens with one attached hydrogen (secondary N) is 2. The predicted octanol–water partition coefficient (Wildman–Crippen LogP) is 5.37. The third-order valence-corrected chi connectivity index (χ3v) is 10.4. The molecule has 0 atom stereocenters. The van der Waals surface area contributed by atoms with Gasteiger partial charge >= 0.3 is 0 Å². The average Bonchev–Trinajstić information content (AvgIpc) is 3.44. The number of amides is 2. The molecule has 0 bridgehead atoms. The Bertz CT molecular complexity index is 1840. The van der Waals surface area contributed by atoms with Gasteiger partial charge in [0.15, 0.2) is 5.71 Å². The average molecular weight is 733 g/mol. The lowest BCUT2D eigenvalue weighted by molar-refractivity contribution is -0.437. The van der Waals surface area contributed by atoms with Gasteiger partial charge in [0.25, 0.3) is 10.1 Å². The standard InChI is InChI=1S/C40H53N5O6S/c1-39(2)31-18-12-14-20-33(31)44(27-16-8-11-24-37(46)42-25-26-43-38(47)30-51-41)35(39)22-9-6-5-7-10-23-36-40(3,4)32-19-13-15-21-34(32)45(36)28-17-29-52(48,49)50/h5-7,9-10,12-15,18-23H,8,11,16-17,24-30,41H2,1-4H3,(H2-,42,43,46,47,48,49,50)/p+1. The van der Waals surface area contributed by atoms with Crippen LogP contribution in [0.25, 0.3) is 0 Å². The van der Waals surface area contributed by atoms with Gasteiger partial charge in [-0.15, -0.1) is 0 Å². The van der Waals surface area contributed by atoms with Crippen molar-refractivity contribution in [1.29, 1.82) is 0 Å². The van der Waals surface area contributed by atoms with Crippen molar-refractivity contribution >= 4 is 39.0 Å². The predicted molar refractivity (Wildman–Crippen MR) is 207 cm³/mol. The maximum absolute atomic E-state index is 12.2. The lowest BCUT2D eigenvalue weighted by Gasteiger charge is -2.27. The van der Waals surface area contributed by atoms with Gasteiger partial charge in [-0.25, -0.2) is 5.90 Å². The van der Waals surface area contributed by atoms with Crippen LogP contribution in [0.5, 0.6) is 0 Å². The first-order valence-electron chi connectivity index (χ1n) is 17.9. The monoisotopic (exact) mass is 732 g/mol. The van der Waals surface area contributed by atoms with Crippen LogP contribution in [-0.4, -0.2) is 73.6 Å². The summed E-state index contributed by atoms with van der Waals surface area (Å²) in [7, 11) is -4.03. The zero-order valence-electron chi connectivity index (χ0n) is 30.8. The fourth-order valence-corrected chi connectivity index (χ4v) is 7.50. The van der Waals surface area contributed by atoms with Crippen molar-refractivity contribution in [3.63, 3.8) is 0 Å². The summed E-state index contributed by atoms with van der Waals surface area (Å²) < 4.78 is 34.2. The Balaban J connectivity index is 1.36. The number of hydrogen-bond donors (Lipinski definition) is 4. The lowest BCUT2D eigenvalue weighted by atomic mass is 9.81. The summed E-state index contributed by atoms with van der Waals surface area (Å²) in [5.41, 5.74) is 6.59. The number of nitrogens with two attached hydrogens (primary N) is 1. The summed E-state index contributed by atoms with van der Waals surface area (Å²) in [6, 6.07) is 16.7. The van der Waals surface area contributed by atoms with Gasteiger partial charge in [0.05, 0.1) is 11.2 Å². The minimum absolute atomic E-state index is 0.0331. The number of nitrogens with zero attached hydrogens (tertiary/aromatic N) is 2. The summed E-state index contributed by atoms with van der Waals surface area (Å²) in [5.74, 6) is 4.24. The minimum Gasteiger partial charge on any atom is -0.354 e. The number of unbranched alkanes of at least 4 members (excludes halogenated alkanes) is 2. The fraction of sp³-hybridized carbons (Fsp3) is 0.425. The number of fused-ring (bicyclic) bond motifs is 2. The molecule has 2 aliphatic heterocycles. The quantitative estimate of drug-likeness (QED) is 0.0494. The van der Waals surface area contributed by atoms with Crippen molar-refractivity contribution in [2.45, 2.75) is 70.6 Å². The second kappa shape index (κ2) is 18.4. The van der Waals surface area contributed by atoms with Gasteiger partial charge in [-0.1, -0.05) is 87.0 Å². The summed E-state index contributed by atoms with van der Waals surface area (Å²) in [6.45, 7) is 10.6. The van der Waals surface area contributed by atoms with E-state index in [0.29, 0.717) is 32.5 Å². The molecule has 2 amide bonds. The van der Waals surface area contributed by atoms with E-state index in [-0.39, 0.29) is 35.0 Å². The van der Waals surface area contributed by atoms with Gasteiger partial charge < -0.3 is 15.5 Å². The number of para-hydroxylation sites is 2. The molecule has 5 N–H and O–H groups in total. The molecule has 2 aromatic rings. The summed E-state index contributed by atoms with van der Waals surface area (Å²) >= 11 is 0. The minimum atomic E-state index is -4.03. The molecule has 12 heteroatoms. The van der Waals surface area contributed by atoms with Crippen LogP contribution in [0.15, 0.2) is 96.8 Å². The zero-order valence-corrected chi connectivity index (χ0v) is 31.6. The molecule has 2 heterocycles. The van der Waals surface area contributed by atoms with Crippen LogP contribution in [0.2, 0.25) is 0 Å². The van der Waals surface area contributed by atoms with Gasteiger partial charge in [-0.3, -0.25) is 19.0 Å². The molecular weight excluding hydrogens is 679 g/mol. The molecule has 0 aromatic heterocycles. The van der Waals surface area contributed by atoms with Gasteiger partial charge in [-0.05, 0) is 44.4 Å². The van der Waals surface area contributed by atoms with E-state index < -0.39 is 10.1 Å². The van der Waals surface area contributed by atoms with Crippen LogP contribution in [-0.2, 0) is 35.4 Å². The fourth-order valence-electron chi connectivity index (χ4n) is 7.01. The Morgan fingerprint density at radius 3 is 2.23 bits per heavy atom. The van der Waals surface area contributed by atoms with Gasteiger partial charge in [-0.2, -0.15) is 13.0 Å². The molecule has 280 valence electrons. The highest BCUT2D eigenvalue weighted by molar-refractivity contribution is 7.85. The Hall–Kier alpha value is -4.36. The van der Waals surface area contributed by atoms with Crippen LogP contribution in [0.3, 0.4) is 0 Å². The van der Waals surface area contributed by atoms with Crippen molar-refractivity contribution < 1.29 is 32.0 Å². The highest BCUT2D eigenvalue weighted by atomic mass is 32.2. The third-order valence-electron chi connectivity index (χ3n) is 9.60. The SMILES string of the molecule is CC1(C)C(/C=C/C=C/C=C/C=C2\N(CCCCCC(=O)NCCNC(=O)CON)c3ccccc3C2(C)C)=[N+](CCCS(=O)(=O)O)c2ccccc21. The second-order valence-corrected chi connectivity index (χ2v) is 15.7. The third kappa shape index (κ3) is 10.6. The van der Waals surface area contributed by atoms with E-state index in [1.54, 1.807) is 0 Å². The number of benzene rings is 2. The van der Waals surface area contributed by atoms with Gasteiger partial charge in [0.1, 0.15) is 13.2 Å². The molecule has 52 heavy (non-hydrogen) atoms. The zero-order chi connectivity index (χ0) is 37.8. The van der Waals surface area contributed by atoms with E-state index in [0.717, 1.165) is 37.2 Å². The van der Waals surface area contributed by atoms with Crippen molar-refractivity contribution in [2.75, 3.05) is 43.4 Å². The lowest BCUT2D eigenvalue weighted by Crippen LogP contribution is -2.36. The van der Waals surface area contributed by atoms with Crippen molar-refractivity contribution in [1.82, 2.24) is 10.6 Å². The molecule has 0 saturated carbocycles. The van der Waals surface area contributed by atoms with Crippen LogP contribution >= 0.6 is 0 Å². The molecule has 0 unspecified atom stereocenters. The van der Waals surface area contributed by atoms with E-state index in [9.17, 15) is 22.6 Å². The molecule has 0 saturated heterocycles. The molecule has 0 spiro atoms. The first-order chi connectivity index (χ1) is 24.8. The number of rotatable bonds is 19. The Morgan fingerprint density at radius 2 is 1.50 bits per heavy atom. The van der Waals surface area contributed by atoms with Crippen molar-refractivity contribution in [3.05, 3.63) is 108 Å². The molecule has 2 aromatic carbocycles. The van der Waals surface area contributed by atoms with Crippen LogP contribution in [0.4, 0.5) is 11.4 Å². The largest absolute Gasteiger partial charge is 0.354 e. The first kappa shape index (κ1) is 40.4. The molecule has 0 fully saturated rings. The van der Waals surface area contributed by atoms with E-state index >= 15 is 0 Å². The normalized spacial score (nSPS) is 17.1. The molecular formula is C40H54N5O6S+. The molecule has 2 aliphatic rings. The summed E-state index contributed by atoms with van der Waals surface area (Å²) in [5, 5.41) is 5.44. The highest BCUT2D eigenvalue weighted by Gasteiger charge is 2.44. The topological polar surface area (TPSA) is 154 Å². The maximum atomic E-state index is 12.2. The Kier molecular flexibility index (Phi) is 14.3. The summed E-state index contributed by atoms with van der Waals surface area (Å²) in [6.07, 6.45) is 17.7. The maximum Gasteiger partial charge on any atom is 0.265 e. The Morgan fingerprint density at radius 1 is 0.846 bits per heavy atom. The van der Waals surface area contributed by atoms with E-state index in [1.165, 1.54) is 22.5 Å². The van der Waals surface area contributed by atoms with Crippen LogP contribution in [0.1, 0.15) is 70.9 Å². The number of anilines is 1. The number of hydrogen-bond acceptors (Lipinski definition) is 7. The molecule has 0 aliphatic carbocycles. The van der Waals surface area contributed by atoms with Crippen molar-refractivity contribution in [3.8, 4) is 0 Å². The number of carbonyl (C=O) groups is 2. The van der Waals surface area contributed by atoms with E-state index in [4.69, 9.17) is 5.90 Å². The first-order valence-corrected chi connectivity index (χ1v) is 19.5. The van der Waals surface area contributed by atoms with Crippen molar-refractivity contribution in [2.24, 2.45) is 5.90 Å². The smallest absolute Gasteiger partial charge is 0.265 e. The van der Waals surface area contributed by atoms with Crippen LogP contribution < -0.4 is 21.4 Å². The molecule has 11 nitrogen and oxygen atoms in total. The van der Waals surface area contributed by atoms with E-state index in [1.807, 2.05) is 36.4 Å². The highest BCUT2D eigenvalue weighted by Crippen LogP contribution is 2.47. The Labute approximate surface area is 308 Å². The van der Waals surface area contributed by atoms with Crippen LogP contribution in [0, 0.1) is 0 Å². The van der Waals surface area contributed by atoms with E-state index in [2.05, 4.69) is 107 Å². The van der Waals surface area contributed by atoms with Gasteiger partial charge in [0, 0.05) is 67.0 Å². The van der Waals surface area contributed by atoms with Gasteiger partial charge in [0.2, 0.25) is 17.5 Å². The molecule has 4 rings (SSSR count). The molecule has 0 radical (unpaired) electrons. The number of allylic oxidation sites excluding steroid dienone is 8. The second-order valence-electron chi connectivity index (χ2n) is 14.1. The summed E-state index contributed by atoms with van der Waals surface area (Å²) in [4.78, 5) is 30.3.